The molecule has 236 valence electrons. The number of nitrogens with zero attached hydrogens (tertiary/aromatic N) is 1. The minimum atomic E-state index is -0.0302. The maximum absolute atomic E-state index is 2.47. The van der Waals surface area contributed by atoms with Crippen LogP contribution >= 0.6 is 0 Å². The van der Waals surface area contributed by atoms with E-state index >= 15 is 0 Å². The smallest absolute Gasteiger partial charge is 0.0546 e. The summed E-state index contributed by atoms with van der Waals surface area (Å²) in [5, 5.41) is 7.63. The van der Waals surface area contributed by atoms with Gasteiger partial charge in [-0.3, -0.25) is 0 Å². The molecule has 8 aromatic carbocycles. The third-order valence-corrected chi connectivity index (χ3v) is 11.6. The third-order valence-electron chi connectivity index (χ3n) is 11.6. The molecule has 0 spiro atoms. The predicted octanol–water partition coefficient (Wildman–Crippen LogP) is 13.5. The highest BCUT2D eigenvalue weighted by atomic mass is 15.1. The molecule has 1 aliphatic carbocycles. The summed E-state index contributed by atoms with van der Waals surface area (Å²) in [4.78, 5) is 2.47. The molecule has 49 heavy (non-hydrogen) atoms. The van der Waals surface area contributed by atoms with Gasteiger partial charge in [-0.1, -0.05) is 161 Å². The summed E-state index contributed by atoms with van der Waals surface area (Å²) in [5.74, 6) is 0. The maximum Gasteiger partial charge on any atom is 0.0546 e. The fourth-order valence-corrected chi connectivity index (χ4v) is 8.44. The average Bonchev–Trinajstić information content (AvgIpc) is 3.15. The molecule has 0 aromatic heterocycles. The predicted molar refractivity (Wildman–Crippen MR) is 211 cm³/mol. The Bertz CT molecular complexity index is 2510. The standard InChI is InChI=1S/C48H39N/c1-47(2)42-26-14-12-23-38(42)41-31-32(29-30-43(41)48(47,3)4)34-19-13-15-27-44(34)49(33-17-6-5-7-18-33)45-28-16-25-40-37-21-9-8-20-35(37)36-22-10-11-24-39(36)46(40)45/h5-31H,1-4H3. The highest BCUT2D eigenvalue weighted by Gasteiger charge is 2.45. The summed E-state index contributed by atoms with van der Waals surface area (Å²) in [7, 11) is 0. The zero-order chi connectivity index (χ0) is 33.3. The molecule has 1 heteroatoms. The summed E-state index contributed by atoms with van der Waals surface area (Å²) in [6, 6.07) is 60.5. The van der Waals surface area contributed by atoms with Crippen LogP contribution in [0.4, 0.5) is 17.1 Å². The first-order valence-electron chi connectivity index (χ1n) is 17.4. The van der Waals surface area contributed by atoms with E-state index < -0.39 is 0 Å². The third kappa shape index (κ3) is 4.32. The van der Waals surface area contributed by atoms with Crippen molar-refractivity contribution >= 4 is 49.4 Å². The van der Waals surface area contributed by atoms with Gasteiger partial charge in [0, 0.05) is 16.6 Å². The first-order chi connectivity index (χ1) is 23.9. The van der Waals surface area contributed by atoms with E-state index in [2.05, 4.69) is 196 Å². The van der Waals surface area contributed by atoms with Crippen molar-refractivity contribution in [2.24, 2.45) is 0 Å². The molecular formula is C48H39N. The fraction of sp³-hybridized carbons (Fsp3) is 0.125. The number of rotatable bonds is 4. The number of para-hydroxylation sites is 2. The van der Waals surface area contributed by atoms with Gasteiger partial charge in [-0.25, -0.2) is 0 Å². The Morgan fingerprint density at radius 1 is 0.367 bits per heavy atom. The van der Waals surface area contributed by atoms with Crippen LogP contribution in [0.15, 0.2) is 164 Å². The van der Waals surface area contributed by atoms with Gasteiger partial charge in [0.1, 0.15) is 0 Å². The maximum atomic E-state index is 2.47. The van der Waals surface area contributed by atoms with Crippen molar-refractivity contribution in [2.75, 3.05) is 4.90 Å². The zero-order valence-corrected chi connectivity index (χ0v) is 28.5. The molecule has 1 nitrogen and oxygen atoms in total. The van der Waals surface area contributed by atoms with Crippen LogP contribution in [-0.2, 0) is 10.8 Å². The van der Waals surface area contributed by atoms with Crippen molar-refractivity contribution in [1.82, 2.24) is 0 Å². The highest BCUT2D eigenvalue weighted by molar-refractivity contribution is 6.28. The van der Waals surface area contributed by atoms with Crippen molar-refractivity contribution in [1.29, 1.82) is 0 Å². The van der Waals surface area contributed by atoms with Crippen molar-refractivity contribution in [2.45, 2.75) is 38.5 Å². The summed E-state index contributed by atoms with van der Waals surface area (Å²) in [5.41, 5.74) is 11.3. The largest absolute Gasteiger partial charge is 0.309 e. The summed E-state index contributed by atoms with van der Waals surface area (Å²) in [6.07, 6.45) is 0. The summed E-state index contributed by atoms with van der Waals surface area (Å²) >= 11 is 0. The Morgan fingerprint density at radius 3 is 1.55 bits per heavy atom. The van der Waals surface area contributed by atoms with Crippen LogP contribution in [0.25, 0.3) is 54.6 Å². The second kappa shape index (κ2) is 10.9. The molecule has 9 rings (SSSR count). The molecule has 0 fully saturated rings. The van der Waals surface area contributed by atoms with Crippen LogP contribution in [0.3, 0.4) is 0 Å². The lowest BCUT2D eigenvalue weighted by Gasteiger charge is -2.48. The average molecular weight is 630 g/mol. The molecule has 0 N–H and O–H groups in total. The SMILES string of the molecule is CC1(C)c2ccccc2-c2cc(-c3ccccc3N(c3ccccc3)c3cccc4c5ccccc5c5ccccc5c34)ccc2C1(C)C. The quantitative estimate of drug-likeness (QED) is 0.175. The van der Waals surface area contributed by atoms with Crippen molar-refractivity contribution in [3.05, 3.63) is 175 Å². The molecule has 0 saturated carbocycles. The molecule has 8 aromatic rings. The van der Waals surface area contributed by atoms with E-state index in [9.17, 15) is 0 Å². The number of benzene rings is 8. The Morgan fingerprint density at radius 2 is 0.857 bits per heavy atom. The lowest BCUT2D eigenvalue weighted by Crippen LogP contribution is -2.43. The van der Waals surface area contributed by atoms with Crippen LogP contribution in [0.2, 0.25) is 0 Å². The van der Waals surface area contributed by atoms with Crippen LogP contribution in [0.5, 0.6) is 0 Å². The lowest BCUT2D eigenvalue weighted by molar-refractivity contribution is 0.299. The number of hydrogen-bond acceptors (Lipinski definition) is 1. The van der Waals surface area contributed by atoms with Gasteiger partial charge in [0.25, 0.3) is 0 Å². The second-order valence-electron chi connectivity index (χ2n) is 14.5. The minimum absolute atomic E-state index is 0.00143. The molecule has 0 radical (unpaired) electrons. The fourth-order valence-electron chi connectivity index (χ4n) is 8.44. The van der Waals surface area contributed by atoms with Gasteiger partial charge >= 0.3 is 0 Å². The van der Waals surface area contributed by atoms with Crippen LogP contribution < -0.4 is 4.90 Å². The first kappa shape index (κ1) is 29.5. The molecular weight excluding hydrogens is 591 g/mol. The second-order valence-corrected chi connectivity index (χ2v) is 14.5. The van der Waals surface area contributed by atoms with Gasteiger partial charge in [0.15, 0.2) is 0 Å². The van der Waals surface area contributed by atoms with Gasteiger partial charge in [0.05, 0.1) is 11.4 Å². The molecule has 0 atom stereocenters. The molecule has 0 amide bonds. The highest BCUT2D eigenvalue weighted by Crippen LogP contribution is 2.55. The molecule has 0 aliphatic heterocycles. The van der Waals surface area contributed by atoms with Crippen LogP contribution in [0.1, 0.15) is 38.8 Å². The Hall–Kier alpha value is -5.66. The van der Waals surface area contributed by atoms with Crippen molar-refractivity contribution < 1.29 is 0 Å². The van der Waals surface area contributed by atoms with Crippen LogP contribution in [0, 0.1) is 0 Å². The number of anilines is 3. The van der Waals surface area contributed by atoms with E-state index in [0.29, 0.717) is 0 Å². The van der Waals surface area contributed by atoms with E-state index in [-0.39, 0.29) is 10.8 Å². The zero-order valence-electron chi connectivity index (χ0n) is 28.5. The van der Waals surface area contributed by atoms with Crippen molar-refractivity contribution in [3.63, 3.8) is 0 Å². The lowest BCUT2D eigenvalue weighted by atomic mass is 9.55. The monoisotopic (exact) mass is 629 g/mol. The van der Waals surface area contributed by atoms with E-state index in [1.165, 1.54) is 71.4 Å². The van der Waals surface area contributed by atoms with E-state index in [1.54, 1.807) is 0 Å². The Labute approximate surface area is 289 Å². The van der Waals surface area contributed by atoms with E-state index in [1.807, 2.05) is 0 Å². The number of fused-ring (bicyclic) bond motifs is 9. The van der Waals surface area contributed by atoms with Gasteiger partial charge in [-0.2, -0.15) is 0 Å². The molecule has 1 aliphatic rings. The van der Waals surface area contributed by atoms with E-state index in [4.69, 9.17) is 0 Å². The Kier molecular flexibility index (Phi) is 6.58. The minimum Gasteiger partial charge on any atom is -0.309 e. The van der Waals surface area contributed by atoms with Crippen LogP contribution in [-0.4, -0.2) is 0 Å². The summed E-state index contributed by atoms with van der Waals surface area (Å²) in [6.45, 7) is 9.60. The van der Waals surface area contributed by atoms with Gasteiger partial charge < -0.3 is 4.90 Å². The summed E-state index contributed by atoms with van der Waals surface area (Å²) < 4.78 is 0. The van der Waals surface area contributed by atoms with E-state index in [0.717, 1.165) is 11.4 Å². The first-order valence-corrected chi connectivity index (χ1v) is 17.4. The van der Waals surface area contributed by atoms with Gasteiger partial charge in [-0.15, -0.1) is 0 Å². The van der Waals surface area contributed by atoms with Crippen molar-refractivity contribution in [3.8, 4) is 22.3 Å². The molecule has 0 bridgehead atoms. The molecule has 0 saturated heterocycles. The van der Waals surface area contributed by atoms with Gasteiger partial charge in [0.2, 0.25) is 0 Å². The molecule has 0 heterocycles. The Balaban J connectivity index is 1.33. The van der Waals surface area contributed by atoms with Gasteiger partial charge in [-0.05, 0) is 95.9 Å². The topological polar surface area (TPSA) is 3.24 Å². The number of hydrogen-bond donors (Lipinski definition) is 0. The normalized spacial score (nSPS) is 14.4. The molecule has 0 unspecified atom stereocenters.